The van der Waals surface area contributed by atoms with Crippen molar-refractivity contribution >= 4 is 26.8 Å². The van der Waals surface area contributed by atoms with Crippen LogP contribution in [0.5, 0.6) is 0 Å². The summed E-state index contributed by atoms with van der Waals surface area (Å²) in [5.41, 5.74) is 1.26. The number of benzene rings is 1. The molecule has 8 heteroatoms. The molecule has 0 spiro atoms. The summed E-state index contributed by atoms with van der Waals surface area (Å²) in [5.74, 6) is -0.807. The van der Waals surface area contributed by atoms with E-state index in [0.29, 0.717) is 17.5 Å². The van der Waals surface area contributed by atoms with Crippen molar-refractivity contribution in [1.29, 1.82) is 0 Å². The van der Waals surface area contributed by atoms with Gasteiger partial charge in [-0.25, -0.2) is 17.9 Å². The number of sulfone groups is 1. The molecule has 7 nitrogen and oxygen atoms in total. The number of carbonyl (C=O) groups is 1. The van der Waals surface area contributed by atoms with E-state index < -0.39 is 15.8 Å². The Morgan fingerprint density at radius 2 is 2.21 bits per heavy atom. The van der Waals surface area contributed by atoms with Crippen molar-refractivity contribution in [2.45, 2.75) is 12.5 Å². The maximum Gasteiger partial charge on any atom is 0.335 e. The van der Waals surface area contributed by atoms with Crippen molar-refractivity contribution in [3.05, 3.63) is 23.8 Å². The van der Waals surface area contributed by atoms with Gasteiger partial charge in [-0.15, -0.1) is 5.10 Å². The monoisotopic (exact) mass is 281 g/mol. The summed E-state index contributed by atoms with van der Waals surface area (Å²) in [7, 11) is -2.99. The molecule has 1 aromatic carbocycles. The van der Waals surface area contributed by atoms with Gasteiger partial charge in [-0.2, -0.15) is 0 Å². The molecule has 3 rings (SSSR count). The van der Waals surface area contributed by atoms with Crippen molar-refractivity contribution in [2.24, 2.45) is 0 Å². The number of aromatic nitrogens is 3. The lowest BCUT2D eigenvalue weighted by Crippen LogP contribution is -2.12. The summed E-state index contributed by atoms with van der Waals surface area (Å²) in [5, 5.41) is 16.8. The largest absolute Gasteiger partial charge is 0.478 e. The molecule has 0 aliphatic carbocycles. The third-order valence-corrected chi connectivity index (χ3v) is 5.02. The number of fused-ring (bicyclic) bond motifs is 1. The minimum atomic E-state index is -2.99. The number of aromatic carboxylic acids is 1. The van der Waals surface area contributed by atoms with E-state index in [1.54, 1.807) is 10.7 Å². The highest BCUT2D eigenvalue weighted by atomic mass is 32.2. The van der Waals surface area contributed by atoms with E-state index in [4.69, 9.17) is 5.11 Å². The quantitative estimate of drug-likeness (QED) is 0.859. The van der Waals surface area contributed by atoms with Gasteiger partial charge < -0.3 is 5.11 Å². The van der Waals surface area contributed by atoms with Gasteiger partial charge in [-0.05, 0) is 24.6 Å². The molecule has 1 N–H and O–H groups in total. The molecule has 1 atom stereocenters. The Kier molecular flexibility index (Phi) is 2.56. The molecule has 1 fully saturated rings. The van der Waals surface area contributed by atoms with Gasteiger partial charge in [0.15, 0.2) is 9.84 Å². The van der Waals surface area contributed by atoms with Crippen LogP contribution in [-0.4, -0.2) is 46.0 Å². The van der Waals surface area contributed by atoms with Crippen LogP contribution in [0.1, 0.15) is 22.8 Å². The molecule has 0 bridgehead atoms. The van der Waals surface area contributed by atoms with Gasteiger partial charge in [0, 0.05) is 0 Å². The normalized spacial score (nSPS) is 21.8. The van der Waals surface area contributed by atoms with Gasteiger partial charge in [-0.3, -0.25) is 0 Å². The van der Waals surface area contributed by atoms with E-state index in [0.717, 1.165) is 0 Å². The van der Waals surface area contributed by atoms with E-state index in [2.05, 4.69) is 10.3 Å². The van der Waals surface area contributed by atoms with Gasteiger partial charge in [0.1, 0.15) is 5.52 Å². The highest BCUT2D eigenvalue weighted by Gasteiger charge is 2.30. The molecule has 1 saturated heterocycles. The standard InChI is InChI=1S/C11H11N3O4S/c15-11(16)7-1-2-10-9(5-7)12-13-14(10)8-3-4-19(17,18)6-8/h1-2,5,8H,3-4,6H2,(H,15,16). The van der Waals surface area contributed by atoms with Crippen LogP contribution in [0.4, 0.5) is 0 Å². The molecule has 19 heavy (non-hydrogen) atoms. The van der Waals surface area contributed by atoms with Crippen LogP contribution in [0.2, 0.25) is 0 Å². The lowest BCUT2D eigenvalue weighted by atomic mass is 10.2. The average Bonchev–Trinajstić information content (AvgIpc) is 2.91. The number of nitrogens with zero attached hydrogens (tertiary/aromatic N) is 3. The Bertz CT molecular complexity index is 765. The molecule has 2 heterocycles. The van der Waals surface area contributed by atoms with Crippen molar-refractivity contribution in [1.82, 2.24) is 15.0 Å². The first-order chi connectivity index (χ1) is 8.96. The first-order valence-electron chi connectivity index (χ1n) is 5.75. The van der Waals surface area contributed by atoms with Crippen molar-refractivity contribution in [2.75, 3.05) is 11.5 Å². The second kappa shape index (κ2) is 4.02. The molecule has 2 aromatic rings. The topological polar surface area (TPSA) is 102 Å². The smallest absolute Gasteiger partial charge is 0.335 e. The predicted molar refractivity (Wildman–Crippen MR) is 66.8 cm³/mol. The van der Waals surface area contributed by atoms with Crippen LogP contribution in [0.3, 0.4) is 0 Å². The van der Waals surface area contributed by atoms with Crippen LogP contribution in [0, 0.1) is 0 Å². The summed E-state index contributed by atoms with van der Waals surface area (Å²) in [6.45, 7) is 0. The van der Waals surface area contributed by atoms with E-state index in [9.17, 15) is 13.2 Å². The summed E-state index contributed by atoms with van der Waals surface area (Å²) in [4.78, 5) is 10.9. The fraction of sp³-hybridized carbons (Fsp3) is 0.364. The van der Waals surface area contributed by atoms with Crippen LogP contribution < -0.4 is 0 Å². The molecular weight excluding hydrogens is 270 g/mol. The highest BCUT2D eigenvalue weighted by Crippen LogP contribution is 2.26. The summed E-state index contributed by atoms with van der Waals surface area (Å²) in [6.07, 6.45) is 0.515. The molecule has 0 saturated carbocycles. The first kappa shape index (κ1) is 12.1. The van der Waals surface area contributed by atoms with Crippen molar-refractivity contribution in [3.8, 4) is 0 Å². The second-order valence-corrected chi connectivity index (χ2v) is 6.83. The minimum Gasteiger partial charge on any atom is -0.478 e. The third kappa shape index (κ3) is 2.07. The van der Waals surface area contributed by atoms with Gasteiger partial charge >= 0.3 is 5.97 Å². The fourth-order valence-corrected chi connectivity index (χ4v) is 4.00. The average molecular weight is 281 g/mol. The summed E-state index contributed by atoms with van der Waals surface area (Å²) >= 11 is 0. The van der Waals surface area contributed by atoms with Gasteiger partial charge in [0.2, 0.25) is 0 Å². The molecule has 1 aromatic heterocycles. The molecule has 1 unspecified atom stereocenters. The minimum absolute atomic E-state index is 0.0616. The number of carboxylic acids is 1. The third-order valence-electron chi connectivity index (χ3n) is 3.27. The molecule has 0 radical (unpaired) electrons. The maximum absolute atomic E-state index is 11.5. The maximum atomic E-state index is 11.5. The molecular formula is C11H11N3O4S. The lowest BCUT2D eigenvalue weighted by molar-refractivity contribution is 0.0697. The van der Waals surface area contributed by atoms with E-state index >= 15 is 0 Å². The highest BCUT2D eigenvalue weighted by molar-refractivity contribution is 7.91. The Balaban J connectivity index is 2.04. The molecule has 1 aliphatic heterocycles. The Hall–Kier alpha value is -1.96. The van der Waals surface area contributed by atoms with E-state index in [1.807, 2.05) is 0 Å². The Labute approximate surface area is 108 Å². The zero-order valence-electron chi connectivity index (χ0n) is 9.85. The van der Waals surface area contributed by atoms with Crippen LogP contribution >= 0.6 is 0 Å². The van der Waals surface area contributed by atoms with E-state index in [-0.39, 0.29) is 23.1 Å². The lowest BCUT2D eigenvalue weighted by Gasteiger charge is -2.08. The summed E-state index contributed by atoms with van der Waals surface area (Å²) < 4.78 is 24.5. The predicted octanol–water partition coefficient (Wildman–Crippen LogP) is 0.489. The van der Waals surface area contributed by atoms with E-state index in [1.165, 1.54) is 12.1 Å². The zero-order valence-corrected chi connectivity index (χ0v) is 10.7. The fourth-order valence-electron chi connectivity index (χ4n) is 2.31. The van der Waals surface area contributed by atoms with Gasteiger partial charge in [-0.1, -0.05) is 5.21 Å². The molecule has 0 amide bonds. The molecule has 1 aliphatic rings. The SMILES string of the molecule is O=C(O)c1ccc2c(c1)nnn2C1CCS(=O)(=O)C1. The van der Waals surface area contributed by atoms with Crippen LogP contribution in [-0.2, 0) is 9.84 Å². The van der Waals surface area contributed by atoms with Crippen LogP contribution in [0.15, 0.2) is 18.2 Å². The van der Waals surface area contributed by atoms with Crippen molar-refractivity contribution in [3.63, 3.8) is 0 Å². The number of rotatable bonds is 2. The van der Waals surface area contributed by atoms with Crippen molar-refractivity contribution < 1.29 is 18.3 Å². The number of hydrogen-bond acceptors (Lipinski definition) is 5. The number of hydrogen-bond donors (Lipinski definition) is 1. The summed E-state index contributed by atoms with van der Waals surface area (Å²) in [6, 6.07) is 4.30. The second-order valence-electron chi connectivity index (χ2n) is 4.60. The zero-order chi connectivity index (χ0) is 13.6. The molecule has 100 valence electrons. The Morgan fingerprint density at radius 3 is 2.84 bits per heavy atom. The Morgan fingerprint density at radius 1 is 1.42 bits per heavy atom. The van der Waals surface area contributed by atoms with Gasteiger partial charge in [0.05, 0.1) is 28.6 Å². The number of carboxylic acid groups (broad SMARTS) is 1. The van der Waals surface area contributed by atoms with Gasteiger partial charge in [0.25, 0.3) is 0 Å². The van der Waals surface area contributed by atoms with Crippen LogP contribution in [0.25, 0.3) is 11.0 Å². The first-order valence-corrected chi connectivity index (χ1v) is 7.57.